The molecular weight excluding hydrogens is 452 g/mol. The summed E-state index contributed by atoms with van der Waals surface area (Å²) in [4.78, 5) is 48.2. The highest BCUT2D eigenvalue weighted by Gasteiger charge is 2.49. The molecule has 2 aromatic carbocycles. The monoisotopic (exact) mass is 484 g/mol. The maximum atomic E-state index is 13.0. The van der Waals surface area contributed by atoms with Gasteiger partial charge in [-0.2, -0.15) is 0 Å². The fraction of sp³-hybridized carbons (Fsp3) is 0.385. The van der Waals surface area contributed by atoms with Gasteiger partial charge in [-0.1, -0.05) is 55.5 Å². The van der Waals surface area contributed by atoms with E-state index in [1.165, 1.54) is 12.7 Å². The Kier molecular flexibility index (Phi) is 10.4. The third-order valence-corrected chi connectivity index (χ3v) is 5.99. The van der Waals surface area contributed by atoms with Gasteiger partial charge in [0.1, 0.15) is 5.54 Å². The Balaban J connectivity index is 0.000000641. The van der Waals surface area contributed by atoms with Crippen LogP contribution >= 0.6 is 0 Å². The van der Waals surface area contributed by atoms with Crippen molar-refractivity contribution in [2.75, 3.05) is 31.6 Å². The number of nitrogens with zero attached hydrogens (tertiary/aromatic N) is 2. The molecule has 0 saturated carbocycles. The number of hydrogen-bond acceptors (Lipinski definition) is 6. The van der Waals surface area contributed by atoms with Gasteiger partial charge >= 0.3 is 17.9 Å². The van der Waals surface area contributed by atoms with Crippen LogP contribution in [0.2, 0.25) is 0 Å². The zero-order valence-electron chi connectivity index (χ0n) is 20.1. The van der Waals surface area contributed by atoms with E-state index in [4.69, 9.17) is 24.5 Å². The standard InChI is InChI=1S/C24H30N2O3.C2H2O4/c1-3-22(27)26(21-12-8-5-9-13-21)24(23(28)29-2)15-18-25(19-16-24)17-14-20-10-6-4-7-11-20;3-1(4)2(5)6/h4-13H,3,14-19H2,1-2H3;(H,3,4)(H,5,6). The summed E-state index contributed by atoms with van der Waals surface area (Å²) in [6.45, 7) is 4.27. The van der Waals surface area contributed by atoms with E-state index in [1.54, 1.807) is 4.90 Å². The molecule has 0 atom stereocenters. The maximum Gasteiger partial charge on any atom is 0.414 e. The first-order chi connectivity index (χ1) is 16.7. The van der Waals surface area contributed by atoms with E-state index in [0.717, 1.165) is 31.7 Å². The van der Waals surface area contributed by atoms with Crippen molar-refractivity contribution >= 4 is 29.5 Å². The van der Waals surface area contributed by atoms with E-state index in [0.29, 0.717) is 19.3 Å². The average Bonchev–Trinajstić information content (AvgIpc) is 2.89. The van der Waals surface area contributed by atoms with Crippen LogP contribution in [0.1, 0.15) is 31.7 Å². The number of aliphatic carboxylic acids is 2. The molecular formula is C26H32N2O7. The summed E-state index contributed by atoms with van der Waals surface area (Å²) in [5.41, 5.74) is 1.11. The van der Waals surface area contributed by atoms with Crippen LogP contribution < -0.4 is 4.90 Å². The minimum Gasteiger partial charge on any atom is -0.473 e. The number of para-hydroxylation sites is 1. The molecule has 9 nitrogen and oxygen atoms in total. The van der Waals surface area contributed by atoms with Gasteiger partial charge in [-0.25, -0.2) is 14.4 Å². The van der Waals surface area contributed by atoms with Gasteiger partial charge in [0.2, 0.25) is 5.91 Å². The number of ether oxygens (including phenoxy) is 1. The van der Waals surface area contributed by atoms with Crippen LogP contribution in [0.4, 0.5) is 5.69 Å². The van der Waals surface area contributed by atoms with Crippen molar-refractivity contribution in [1.29, 1.82) is 0 Å². The molecule has 1 fully saturated rings. The molecule has 0 unspecified atom stereocenters. The van der Waals surface area contributed by atoms with Crippen molar-refractivity contribution in [3.63, 3.8) is 0 Å². The number of anilines is 1. The van der Waals surface area contributed by atoms with Gasteiger partial charge in [-0.3, -0.25) is 9.69 Å². The number of carboxylic acids is 2. The van der Waals surface area contributed by atoms with Crippen molar-refractivity contribution in [3.05, 3.63) is 66.2 Å². The lowest BCUT2D eigenvalue weighted by atomic mass is 9.84. The highest BCUT2D eigenvalue weighted by atomic mass is 16.5. The fourth-order valence-corrected chi connectivity index (χ4v) is 4.15. The Hall–Kier alpha value is -3.72. The van der Waals surface area contributed by atoms with E-state index in [-0.39, 0.29) is 11.9 Å². The van der Waals surface area contributed by atoms with Crippen molar-refractivity contribution in [3.8, 4) is 0 Å². The first kappa shape index (κ1) is 27.5. The Labute approximate surface area is 204 Å². The topological polar surface area (TPSA) is 124 Å². The summed E-state index contributed by atoms with van der Waals surface area (Å²) in [6.07, 6.45) is 2.44. The number of carboxylic acid groups (broad SMARTS) is 2. The van der Waals surface area contributed by atoms with Crippen LogP contribution in [0, 0.1) is 0 Å². The molecule has 0 spiro atoms. The number of likely N-dealkylation sites (tertiary alicyclic amines) is 1. The molecule has 35 heavy (non-hydrogen) atoms. The lowest BCUT2D eigenvalue weighted by molar-refractivity contribution is -0.159. The summed E-state index contributed by atoms with van der Waals surface area (Å²) in [5.74, 6) is -4.03. The van der Waals surface area contributed by atoms with Gasteiger partial charge in [0.05, 0.1) is 7.11 Å². The summed E-state index contributed by atoms with van der Waals surface area (Å²) in [5, 5.41) is 14.8. The fourth-order valence-electron chi connectivity index (χ4n) is 4.15. The Morgan fingerprint density at radius 2 is 1.43 bits per heavy atom. The first-order valence-electron chi connectivity index (χ1n) is 11.4. The molecule has 188 valence electrons. The Bertz CT molecular complexity index is 975. The van der Waals surface area contributed by atoms with Gasteiger partial charge in [0.25, 0.3) is 0 Å². The SMILES string of the molecule is CCC(=O)N(c1ccccc1)C1(C(=O)OC)CCN(CCc2ccccc2)CC1.O=C(O)C(=O)O. The number of piperidine rings is 1. The van der Waals surface area contributed by atoms with E-state index in [1.807, 2.05) is 43.3 Å². The smallest absolute Gasteiger partial charge is 0.414 e. The maximum absolute atomic E-state index is 13.0. The molecule has 3 rings (SSSR count). The molecule has 2 aromatic rings. The van der Waals surface area contributed by atoms with E-state index in [2.05, 4.69) is 29.2 Å². The molecule has 0 bridgehead atoms. The summed E-state index contributed by atoms with van der Waals surface area (Å²) < 4.78 is 5.20. The van der Waals surface area contributed by atoms with Crippen LogP contribution in [-0.4, -0.2) is 71.2 Å². The highest BCUT2D eigenvalue weighted by Crippen LogP contribution is 2.35. The molecule has 0 aliphatic carbocycles. The average molecular weight is 485 g/mol. The first-order valence-corrected chi connectivity index (χ1v) is 11.4. The lowest BCUT2D eigenvalue weighted by Crippen LogP contribution is -2.62. The number of benzene rings is 2. The molecule has 0 radical (unpaired) electrons. The molecule has 0 aromatic heterocycles. The van der Waals surface area contributed by atoms with Crippen LogP contribution in [-0.2, 0) is 30.3 Å². The Morgan fingerprint density at radius 3 is 1.89 bits per heavy atom. The lowest BCUT2D eigenvalue weighted by Gasteiger charge is -2.46. The van der Waals surface area contributed by atoms with Crippen molar-refractivity contribution in [1.82, 2.24) is 4.90 Å². The van der Waals surface area contributed by atoms with Gasteiger partial charge in [0.15, 0.2) is 0 Å². The number of carbonyl (C=O) groups is 4. The molecule has 9 heteroatoms. The predicted molar refractivity (Wildman–Crippen MR) is 130 cm³/mol. The van der Waals surface area contributed by atoms with Crippen molar-refractivity contribution in [2.45, 2.75) is 38.1 Å². The predicted octanol–water partition coefficient (Wildman–Crippen LogP) is 2.84. The summed E-state index contributed by atoms with van der Waals surface area (Å²) >= 11 is 0. The summed E-state index contributed by atoms with van der Waals surface area (Å²) in [7, 11) is 1.41. The van der Waals surface area contributed by atoms with Crippen molar-refractivity contribution in [2.24, 2.45) is 0 Å². The second kappa shape index (κ2) is 13.2. The van der Waals surface area contributed by atoms with Gasteiger partial charge in [0, 0.05) is 31.7 Å². The van der Waals surface area contributed by atoms with Gasteiger partial charge < -0.3 is 19.8 Å². The Morgan fingerprint density at radius 1 is 0.914 bits per heavy atom. The highest BCUT2D eigenvalue weighted by molar-refractivity contribution is 6.27. The van der Waals surface area contributed by atoms with E-state index >= 15 is 0 Å². The molecule has 1 heterocycles. The number of carbonyl (C=O) groups excluding carboxylic acids is 2. The molecule has 1 aliphatic rings. The molecule has 1 saturated heterocycles. The number of methoxy groups -OCH3 is 1. The minimum absolute atomic E-state index is 0.0562. The third kappa shape index (κ3) is 7.38. The largest absolute Gasteiger partial charge is 0.473 e. The van der Waals surface area contributed by atoms with Crippen LogP contribution in [0.15, 0.2) is 60.7 Å². The zero-order valence-corrected chi connectivity index (χ0v) is 20.1. The van der Waals surface area contributed by atoms with Crippen LogP contribution in [0.5, 0.6) is 0 Å². The van der Waals surface area contributed by atoms with E-state index in [9.17, 15) is 9.59 Å². The zero-order chi connectivity index (χ0) is 25.8. The van der Waals surface area contributed by atoms with E-state index < -0.39 is 17.5 Å². The molecule has 1 amide bonds. The summed E-state index contributed by atoms with van der Waals surface area (Å²) in [6, 6.07) is 19.9. The third-order valence-electron chi connectivity index (χ3n) is 5.99. The number of esters is 1. The molecule has 2 N–H and O–H groups in total. The normalized spacial score (nSPS) is 14.7. The second-order valence-corrected chi connectivity index (χ2v) is 8.13. The minimum atomic E-state index is -1.82. The number of rotatable bonds is 7. The quantitative estimate of drug-likeness (QED) is 0.454. The van der Waals surface area contributed by atoms with Gasteiger partial charge in [-0.05, 0) is 37.0 Å². The second-order valence-electron chi connectivity index (χ2n) is 8.13. The van der Waals surface area contributed by atoms with Crippen molar-refractivity contribution < 1.29 is 34.1 Å². The van der Waals surface area contributed by atoms with Gasteiger partial charge in [-0.15, -0.1) is 0 Å². The number of hydrogen-bond donors (Lipinski definition) is 2. The van der Waals surface area contributed by atoms with Crippen LogP contribution in [0.3, 0.4) is 0 Å². The molecule has 1 aliphatic heterocycles. The van der Waals surface area contributed by atoms with Crippen LogP contribution in [0.25, 0.3) is 0 Å². The number of amides is 1.